The van der Waals surface area contributed by atoms with E-state index in [0.717, 1.165) is 11.3 Å². The molecular weight excluding hydrogens is 268 g/mol. The van der Waals surface area contributed by atoms with Crippen molar-refractivity contribution in [1.29, 1.82) is 0 Å². The van der Waals surface area contributed by atoms with Crippen LogP contribution in [0.5, 0.6) is 0 Å². The molecule has 112 valence electrons. The number of carboxylic acids is 1. The molecule has 0 aromatic heterocycles. The van der Waals surface area contributed by atoms with Crippen LogP contribution in [0.15, 0.2) is 0 Å². The maximum Gasteiger partial charge on any atom is 0.323 e. The Morgan fingerprint density at radius 2 is 1.80 bits per heavy atom. The quantitative estimate of drug-likeness (QED) is 0.552. The van der Waals surface area contributed by atoms with Crippen LogP contribution in [0.4, 0.5) is 4.79 Å². The van der Waals surface area contributed by atoms with Gasteiger partial charge >= 0.3 is 12.0 Å². The van der Waals surface area contributed by atoms with Crippen molar-refractivity contribution in [1.82, 2.24) is 9.80 Å². The zero-order valence-electron chi connectivity index (χ0n) is 10.9. The van der Waals surface area contributed by atoms with Gasteiger partial charge in [0, 0.05) is 6.54 Å². The van der Waals surface area contributed by atoms with E-state index in [9.17, 15) is 19.2 Å². The Morgan fingerprint density at radius 1 is 1.15 bits per heavy atom. The number of nitrogens with two attached hydrogens (primary N) is 2. The fourth-order valence-corrected chi connectivity index (χ4v) is 2.18. The van der Waals surface area contributed by atoms with Crippen LogP contribution in [0.25, 0.3) is 0 Å². The first-order valence-electron chi connectivity index (χ1n) is 6.18. The lowest BCUT2D eigenvalue weighted by Crippen LogP contribution is -2.56. The fraction of sp³-hybridized carbons (Fsp3) is 0.636. The van der Waals surface area contributed by atoms with Crippen LogP contribution in [0.3, 0.4) is 0 Å². The van der Waals surface area contributed by atoms with Gasteiger partial charge in [-0.05, 0) is 19.3 Å². The Balaban J connectivity index is 2.87. The van der Waals surface area contributed by atoms with Crippen molar-refractivity contribution in [3.05, 3.63) is 0 Å². The Labute approximate surface area is 115 Å². The lowest BCUT2D eigenvalue weighted by atomic mass is 10.0. The predicted molar refractivity (Wildman–Crippen MR) is 67.3 cm³/mol. The van der Waals surface area contributed by atoms with Gasteiger partial charge in [-0.3, -0.25) is 14.4 Å². The molecule has 0 spiro atoms. The fourth-order valence-electron chi connectivity index (χ4n) is 2.18. The summed E-state index contributed by atoms with van der Waals surface area (Å²) < 4.78 is 0. The molecule has 0 radical (unpaired) electrons. The second-order valence-electron chi connectivity index (χ2n) is 4.61. The molecule has 0 aliphatic carbocycles. The highest BCUT2D eigenvalue weighted by Gasteiger charge is 2.34. The van der Waals surface area contributed by atoms with Gasteiger partial charge in [-0.2, -0.15) is 0 Å². The minimum atomic E-state index is -1.27. The van der Waals surface area contributed by atoms with E-state index in [2.05, 4.69) is 0 Å². The van der Waals surface area contributed by atoms with E-state index in [1.54, 1.807) is 0 Å². The van der Waals surface area contributed by atoms with E-state index in [4.69, 9.17) is 16.6 Å². The van der Waals surface area contributed by atoms with Gasteiger partial charge in [0.15, 0.2) is 0 Å². The van der Waals surface area contributed by atoms with Crippen LogP contribution in [-0.4, -0.2) is 64.4 Å². The molecule has 1 unspecified atom stereocenters. The number of nitrogens with zero attached hydrogens (tertiary/aromatic N) is 2. The summed E-state index contributed by atoms with van der Waals surface area (Å²) in [6, 6.07) is -1.49. The Morgan fingerprint density at radius 3 is 2.30 bits per heavy atom. The van der Waals surface area contributed by atoms with Gasteiger partial charge in [0.05, 0.1) is 0 Å². The number of likely N-dealkylation sites (tertiary alicyclic amines) is 1. The zero-order chi connectivity index (χ0) is 15.3. The lowest BCUT2D eigenvalue weighted by molar-refractivity contribution is -0.138. The number of carbonyl (C=O) groups excluding carboxylic acids is 3. The molecule has 1 fully saturated rings. The molecule has 1 saturated heterocycles. The first-order chi connectivity index (χ1) is 9.32. The molecule has 0 aromatic carbocycles. The highest BCUT2D eigenvalue weighted by atomic mass is 16.4. The summed E-state index contributed by atoms with van der Waals surface area (Å²) in [4.78, 5) is 47.3. The molecule has 5 N–H and O–H groups in total. The van der Waals surface area contributed by atoms with E-state index in [-0.39, 0.29) is 0 Å². The van der Waals surface area contributed by atoms with Gasteiger partial charge in [-0.15, -0.1) is 0 Å². The van der Waals surface area contributed by atoms with Gasteiger partial charge in [0.1, 0.15) is 19.1 Å². The van der Waals surface area contributed by atoms with E-state index in [1.165, 1.54) is 4.90 Å². The summed E-state index contributed by atoms with van der Waals surface area (Å²) in [7, 11) is 0. The molecule has 1 heterocycles. The first kappa shape index (κ1) is 15.7. The minimum Gasteiger partial charge on any atom is -0.480 e. The standard InChI is InChI=1S/C11H18N4O5/c12-8(16)5-14(6-9(17)18)11(20)15-4-2-1-3-7(15)10(13)19/h7H,1-6H2,(H2,12,16)(H2,13,19)(H,17,18). The van der Waals surface area contributed by atoms with Crippen molar-refractivity contribution in [2.24, 2.45) is 11.5 Å². The number of carbonyl (C=O) groups is 4. The number of aliphatic carboxylic acids is 1. The molecule has 1 rings (SSSR count). The highest BCUT2D eigenvalue weighted by Crippen LogP contribution is 2.18. The number of amides is 4. The predicted octanol–water partition coefficient (Wildman–Crippen LogP) is -1.68. The molecule has 0 aromatic rings. The molecule has 4 amide bonds. The van der Waals surface area contributed by atoms with Gasteiger partial charge in [0.2, 0.25) is 11.8 Å². The monoisotopic (exact) mass is 286 g/mol. The summed E-state index contributed by atoms with van der Waals surface area (Å²) in [6.45, 7) is -0.891. The third-order valence-electron chi connectivity index (χ3n) is 3.02. The SMILES string of the molecule is NC(=O)CN(CC(=O)O)C(=O)N1CCCCC1C(N)=O. The Kier molecular flexibility index (Phi) is 5.30. The molecule has 0 saturated carbocycles. The zero-order valence-corrected chi connectivity index (χ0v) is 10.9. The molecule has 1 atom stereocenters. The number of carboxylic acid groups (broad SMARTS) is 1. The third kappa shape index (κ3) is 4.11. The normalized spacial score (nSPS) is 18.4. The number of rotatable bonds is 5. The summed E-state index contributed by atoms with van der Waals surface area (Å²) in [6.07, 6.45) is 1.87. The summed E-state index contributed by atoms with van der Waals surface area (Å²) in [5.74, 6) is -2.74. The summed E-state index contributed by atoms with van der Waals surface area (Å²) >= 11 is 0. The van der Waals surface area contributed by atoms with Gasteiger partial charge in [-0.25, -0.2) is 4.79 Å². The average molecular weight is 286 g/mol. The Hall–Kier alpha value is -2.32. The van der Waals surface area contributed by atoms with Crippen molar-refractivity contribution in [3.63, 3.8) is 0 Å². The molecule has 1 aliphatic rings. The number of hydrogen-bond acceptors (Lipinski definition) is 4. The lowest BCUT2D eigenvalue weighted by Gasteiger charge is -2.36. The molecule has 9 nitrogen and oxygen atoms in total. The van der Waals surface area contributed by atoms with Gasteiger partial charge in [-0.1, -0.05) is 0 Å². The second-order valence-corrected chi connectivity index (χ2v) is 4.61. The van der Waals surface area contributed by atoms with Crippen molar-refractivity contribution in [2.45, 2.75) is 25.3 Å². The van der Waals surface area contributed by atoms with Crippen LogP contribution in [0, 0.1) is 0 Å². The third-order valence-corrected chi connectivity index (χ3v) is 3.02. The summed E-state index contributed by atoms with van der Waals surface area (Å²) in [5.41, 5.74) is 10.2. The number of urea groups is 1. The smallest absolute Gasteiger partial charge is 0.323 e. The number of piperidine rings is 1. The van der Waals surface area contributed by atoms with E-state index in [1.807, 2.05) is 0 Å². The maximum atomic E-state index is 12.3. The van der Waals surface area contributed by atoms with Crippen LogP contribution in [-0.2, 0) is 14.4 Å². The highest BCUT2D eigenvalue weighted by molar-refractivity contribution is 5.89. The van der Waals surface area contributed by atoms with E-state index >= 15 is 0 Å². The molecule has 0 bridgehead atoms. The van der Waals surface area contributed by atoms with Crippen molar-refractivity contribution >= 4 is 23.8 Å². The van der Waals surface area contributed by atoms with Crippen molar-refractivity contribution in [2.75, 3.05) is 19.6 Å². The Bertz CT molecular complexity index is 409. The minimum absolute atomic E-state index is 0.293. The van der Waals surface area contributed by atoms with Crippen LogP contribution in [0.2, 0.25) is 0 Å². The number of hydrogen-bond donors (Lipinski definition) is 3. The molecule has 9 heteroatoms. The van der Waals surface area contributed by atoms with E-state index < -0.39 is 42.9 Å². The average Bonchev–Trinajstić information content (AvgIpc) is 2.36. The first-order valence-corrected chi connectivity index (χ1v) is 6.18. The summed E-state index contributed by atoms with van der Waals surface area (Å²) in [5, 5.41) is 8.76. The van der Waals surface area contributed by atoms with Crippen LogP contribution < -0.4 is 11.5 Å². The number of primary amides is 2. The van der Waals surface area contributed by atoms with Crippen LogP contribution >= 0.6 is 0 Å². The maximum absolute atomic E-state index is 12.3. The largest absolute Gasteiger partial charge is 0.480 e. The molecular formula is C11H18N4O5. The van der Waals surface area contributed by atoms with Gasteiger partial charge < -0.3 is 26.4 Å². The van der Waals surface area contributed by atoms with E-state index in [0.29, 0.717) is 19.4 Å². The van der Waals surface area contributed by atoms with Crippen molar-refractivity contribution in [3.8, 4) is 0 Å². The van der Waals surface area contributed by atoms with Crippen molar-refractivity contribution < 1.29 is 24.3 Å². The topological polar surface area (TPSA) is 147 Å². The van der Waals surface area contributed by atoms with Crippen LogP contribution in [0.1, 0.15) is 19.3 Å². The second kappa shape index (κ2) is 6.73. The van der Waals surface area contributed by atoms with Gasteiger partial charge in [0.25, 0.3) is 0 Å². The molecule has 1 aliphatic heterocycles. The molecule has 20 heavy (non-hydrogen) atoms.